The first-order chi connectivity index (χ1) is 9.76. The molecule has 0 bridgehead atoms. The van der Waals surface area contributed by atoms with Crippen LogP contribution in [0.2, 0.25) is 0 Å². The summed E-state index contributed by atoms with van der Waals surface area (Å²) in [6, 6.07) is 13.6. The first-order valence-corrected chi connectivity index (χ1v) is 6.54. The summed E-state index contributed by atoms with van der Waals surface area (Å²) >= 11 is 0. The van der Waals surface area contributed by atoms with E-state index in [2.05, 4.69) is 17.5 Å². The fraction of sp³-hybridized carbons (Fsp3) is 0.188. The minimum Gasteiger partial charge on any atom is -0.493 e. The molecule has 20 heavy (non-hydrogen) atoms. The van der Waals surface area contributed by atoms with Crippen LogP contribution in [-0.4, -0.2) is 6.61 Å². The van der Waals surface area contributed by atoms with E-state index in [1.807, 2.05) is 12.1 Å². The number of fused-ring (bicyclic) bond motifs is 1. The van der Waals surface area contributed by atoms with Crippen LogP contribution in [0.25, 0.3) is 0 Å². The Balaban J connectivity index is 1.75. The van der Waals surface area contributed by atoms with Gasteiger partial charge in [-0.2, -0.15) is 5.26 Å². The number of nitrogen functional groups attached to an aromatic ring is 1. The van der Waals surface area contributed by atoms with Gasteiger partial charge in [-0.1, -0.05) is 12.1 Å². The van der Waals surface area contributed by atoms with E-state index in [1.165, 1.54) is 11.1 Å². The minimum absolute atomic E-state index is 0.601. The fourth-order valence-electron chi connectivity index (χ4n) is 2.33. The van der Waals surface area contributed by atoms with Crippen molar-refractivity contribution in [3.8, 4) is 11.8 Å². The zero-order valence-electron chi connectivity index (χ0n) is 11.0. The normalized spacial score (nSPS) is 12.3. The molecule has 0 aromatic heterocycles. The highest BCUT2D eigenvalue weighted by molar-refractivity contribution is 5.68. The van der Waals surface area contributed by atoms with Gasteiger partial charge in [0, 0.05) is 13.0 Å². The quantitative estimate of drug-likeness (QED) is 0.837. The highest BCUT2D eigenvalue weighted by Crippen LogP contribution is 2.26. The molecule has 3 N–H and O–H groups in total. The number of anilines is 2. The van der Waals surface area contributed by atoms with Crippen molar-refractivity contribution < 1.29 is 4.74 Å². The molecular formula is C16H15N3O. The monoisotopic (exact) mass is 265 g/mol. The van der Waals surface area contributed by atoms with E-state index in [0.29, 0.717) is 17.8 Å². The molecule has 4 nitrogen and oxygen atoms in total. The summed E-state index contributed by atoms with van der Waals surface area (Å²) in [4.78, 5) is 0. The number of benzene rings is 2. The number of hydrogen-bond donors (Lipinski definition) is 2. The van der Waals surface area contributed by atoms with Crippen LogP contribution >= 0.6 is 0 Å². The summed E-state index contributed by atoms with van der Waals surface area (Å²) in [5, 5.41) is 12.2. The van der Waals surface area contributed by atoms with E-state index in [1.54, 1.807) is 18.2 Å². The topological polar surface area (TPSA) is 71.1 Å². The molecule has 2 aromatic rings. The van der Waals surface area contributed by atoms with Crippen LogP contribution in [0.5, 0.6) is 5.75 Å². The number of ether oxygens (including phenoxy) is 1. The first kappa shape index (κ1) is 12.4. The molecule has 0 aliphatic carbocycles. The van der Waals surface area contributed by atoms with Gasteiger partial charge >= 0.3 is 0 Å². The zero-order valence-corrected chi connectivity index (χ0v) is 11.0. The minimum atomic E-state index is 0.601. The lowest BCUT2D eigenvalue weighted by Crippen LogP contribution is -2.03. The summed E-state index contributed by atoms with van der Waals surface area (Å²) in [6.45, 7) is 1.44. The Labute approximate surface area is 117 Å². The van der Waals surface area contributed by atoms with Gasteiger partial charge in [0.2, 0.25) is 0 Å². The third-order valence-corrected chi connectivity index (χ3v) is 3.42. The van der Waals surface area contributed by atoms with Gasteiger partial charge in [0.05, 0.1) is 29.6 Å². The smallest absolute Gasteiger partial charge is 0.122 e. The van der Waals surface area contributed by atoms with Gasteiger partial charge in [0.25, 0.3) is 0 Å². The van der Waals surface area contributed by atoms with Crippen molar-refractivity contribution >= 4 is 11.4 Å². The Morgan fingerprint density at radius 2 is 2.15 bits per heavy atom. The third kappa shape index (κ3) is 2.39. The molecule has 0 saturated heterocycles. The number of hydrogen-bond acceptors (Lipinski definition) is 4. The number of nitrogens with two attached hydrogens (primary N) is 1. The molecule has 0 amide bonds. The molecule has 0 fully saturated rings. The van der Waals surface area contributed by atoms with Crippen LogP contribution in [0.15, 0.2) is 36.4 Å². The van der Waals surface area contributed by atoms with Gasteiger partial charge < -0.3 is 15.8 Å². The lowest BCUT2D eigenvalue weighted by Gasteiger charge is -2.10. The molecule has 1 aliphatic heterocycles. The molecule has 0 saturated carbocycles. The number of nitrogens with zero attached hydrogens (tertiary/aromatic N) is 1. The van der Waals surface area contributed by atoms with Crippen LogP contribution in [0.1, 0.15) is 16.7 Å². The van der Waals surface area contributed by atoms with E-state index < -0.39 is 0 Å². The Kier molecular flexibility index (Phi) is 3.18. The van der Waals surface area contributed by atoms with Crippen molar-refractivity contribution in [2.75, 3.05) is 17.7 Å². The van der Waals surface area contributed by atoms with Crippen LogP contribution in [0.4, 0.5) is 11.4 Å². The number of rotatable bonds is 3. The predicted molar refractivity (Wildman–Crippen MR) is 78.5 cm³/mol. The molecule has 0 unspecified atom stereocenters. The maximum atomic E-state index is 8.91. The van der Waals surface area contributed by atoms with Gasteiger partial charge in [0.15, 0.2) is 0 Å². The molecule has 2 aromatic carbocycles. The molecule has 3 rings (SSSR count). The van der Waals surface area contributed by atoms with E-state index in [4.69, 9.17) is 15.7 Å². The molecule has 0 atom stereocenters. The van der Waals surface area contributed by atoms with Gasteiger partial charge in [0.1, 0.15) is 5.75 Å². The van der Waals surface area contributed by atoms with Crippen molar-refractivity contribution in [3.63, 3.8) is 0 Å². The number of nitrogens with one attached hydrogen (secondary N) is 1. The molecule has 1 aliphatic rings. The summed E-state index contributed by atoms with van der Waals surface area (Å²) in [6.07, 6.45) is 0.967. The van der Waals surface area contributed by atoms with Crippen LogP contribution in [0, 0.1) is 11.3 Å². The van der Waals surface area contributed by atoms with Crippen molar-refractivity contribution in [1.82, 2.24) is 0 Å². The van der Waals surface area contributed by atoms with E-state index >= 15 is 0 Å². The lowest BCUT2D eigenvalue weighted by molar-refractivity contribution is 0.357. The molecule has 0 spiro atoms. The van der Waals surface area contributed by atoms with E-state index in [0.717, 1.165) is 24.5 Å². The van der Waals surface area contributed by atoms with Crippen molar-refractivity contribution in [1.29, 1.82) is 5.26 Å². The molecule has 4 heteroatoms. The molecular weight excluding hydrogens is 250 g/mol. The Morgan fingerprint density at radius 3 is 3.00 bits per heavy atom. The lowest BCUT2D eigenvalue weighted by atomic mass is 10.1. The van der Waals surface area contributed by atoms with Crippen LogP contribution in [0.3, 0.4) is 0 Å². The highest BCUT2D eigenvalue weighted by atomic mass is 16.5. The van der Waals surface area contributed by atoms with Crippen molar-refractivity contribution in [2.45, 2.75) is 13.0 Å². The van der Waals surface area contributed by atoms with Crippen molar-refractivity contribution in [3.05, 3.63) is 53.1 Å². The number of nitriles is 1. The van der Waals surface area contributed by atoms with Crippen molar-refractivity contribution in [2.24, 2.45) is 0 Å². The Bertz CT molecular complexity index is 689. The average molecular weight is 265 g/mol. The second-order valence-corrected chi connectivity index (χ2v) is 4.81. The summed E-state index contributed by atoms with van der Waals surface area (Å²) < 4.78 is 5.49. The largest absolute Gasteiger partial charge is 0.493 e. The summed E-state index contributed by atoms with van der Waals surface area (Å²) in [5.41, 5.74) is 10.4. The first-order valence-electron chi connectivity index (χ1n) is 6.54. The van der Waals surface area contributed by atoms with Gasteiger partial charge in [-0.3, -0.25) is 0 Å². The summed E-state index contributed by atoms with van der Waals surface area (Å²) in [5.74, 6) is 0.986. The predicted octanol–water partition coefficient (Wildman–Crippen LogP) is 2.69. The van der Waals surface area contributed by atoms with Gasteiger partial charge in [-0.05, 0) is 35.4 Å². The molecule has 0 radical (unpaired) electrons. The Morgan fingerprint density at radius 1 is 1.25 bits per heavy atom. The van der Waals surface area contributed by atoms with E-state index in [9.17, 15) is 0 Å². The maximum absolute atomic E-state index is 8.91. The second kappa shape index (κ2) is 5.14. The maximum Gasteiger partial charge on any atom is 0.122 e. The third-order valence-electron chi connectivity index (χ3n) is 3.42. The fourth-order valence-corrected chi connectivity index (χ4v) is 2.33. The Hall–Kier alpha value is -2.67. The second-order valence-electron chi connectivity index (χ2n) is 4.81. The zero-order chi connectivity index (χ0) is 13.9. The SMILES string of the molecule is N#Cc1ccc(N)c(NCc2ccc3c(c2)CCO3)c1. The standard InChI is InChI=1S/C16H15N3O/c17-9-11-1-3-14(18)15(8-11)19-10-12-2-4-16-13(7-12)5-6-20-16/h1-4,7-8,19H,5-6,10,18H2. The molecule has 100 valence electrons. The van der Waals surface area contributed by atoms with Gasteiger partial charge in [-0.15, -0.1) is 0 Å². The van der Waals surface area contributed by atoms with Crippen LogP contribution < -0.4 is 15.8 Å². The van der Waals surface area contributed by atoms with Gasteiger partial charge in [-0.25, -0.2) is 0 Å². The summed E-state index contributed by atoms with van der Waals surface area (Å²) in [7, 11) is 0. The average Bonchev–Trinajstić information content (AvgIpc) is 2.94. The molecule has 1 heterocycles. The van der Waals surface area contributed by atoms with E-state index in [-0.39, 0.29) is 0 Å². The van der Waals surface area contributed by atoms with Crippen LogP contribution in [-0.2, 0) is 13.0 Å². The highest BCUT2D eigenvalue weighted by Gasteiger charge is 2.11.